The minimum atomic E-state index is -0.942. The number of ether oxygens (including phenoxy) is 1. The fourth-order valence-electron chi connectivity index (χ4n) is 0.918. The molecule has 3 nitrogen and oxygen atoms in total. The van der Waals surface area contributed by atoms with Crippen molar-refractivity contribution in [3.8, 4) is 5.75 Å². The zero-order chi connectivity index (χ0) is 10.0. The van der Waals surface area contributed by atoms with Gasteiger partial charge in [-0.2, -0.15) is 0 Å². The van der Waals surface area contributed by atoms with Crippen LogP contribution in [0.1, 0.15) is 21.5 Å². The maximum absolute atomic E-state index is 10.8. The summed E-state index contributed by atoms with van der Waals surface area (Å²) in [6.07, 6.45) is 0. The van der Waals surface area contributed by atoms with Gasteiger partial charge in [0.25, 0.3) is 0 Å². The lowest BCUT2D eigenvalue weighted by molar-refractivity contribution is 0.0698. The summed E-state index contributed by atoms with van der Waals surface area (Å²) in [6.45, 7) is 4.14. The van der Waals surface area contributed by atoms with Crippen molar-refractivity contribution in [2.24, 2.45) is 0 Å². The molecule has 0 aliphatic carbocycles. The van der Waals surface area contributed by atoms with Crippen molar-refractivity contribution in [3.63, 3.8) is 0 Å². The number of carboxylic acids is 1. The molecule has 1 N–H and O–H groups in total. The van der Waals surface area contributed by atoms with Crippen LogP contribution in [0.3, 0.4) is 0 Å². The predicted octanol–water partition coefficient (Wildman–Crippen LogP) is 2.92. The topological polar surface area (TPSA) is 46.5 Å². The highest BCUT2D eigenvalue weighted by Crippen LogP contribution is 2.39. The summed E-state index contributed by atoms with van der Waals surface area (Å²) >= 11 is 4.51. The molecule has 1 aromatic heterocycles. The second-order valence-corrected chi connectivity index (χ2v) is 4.39. The number of rotatable bonds is 3. The molecule has 0 unspecified atom stereocenters. The van der Waals surface area contributed by atoms with Gasteiger partial charge in [0, 0.05) is 4.88 Å². The Kier molecular flexibility index (Phi) is 3.33. The Balaban J connectivity index is 3.18. The molecule has 0 bridgehead atoms. The van der Waals surface area contributed by atoms with Crippen LogP contribution in [0.2, 0.25) is 0 Å². The highest BCUT2D eigenvalue weighted by molar-refractivity contribution is 9.10. The van der Waals surface area contributed by atoms with Crippen LogP contribution >= 0.6 is 27.3 Å². The van der Waals surface area contributed by atoms with Gasteiger partial charge < -0.3 is 9.84 Å². The third kappa shape index (κ3) is 2.03. The number of thiophene rings is 1. The molecule has 0 radical (unpaired) electrons. The first-order chi connectivity index (χ1) is 6.07. The molecule has 0 spiro atoms. The Hall–Kier alpha value is -0.550. The fourth-order valence-corrected chi connectivity index (χ4v) is 2.43. The molecule has 5 heteroatoms. The van der Waals surface area contributed by atoms with Crippen LogP contribution in [-0.2, 0) is 0 Å². The number of hydrogen-bond donors (Lipinski definition) is 1. The first-order valence-corrected chi connectivity index (χ1v) is 5.33. The maximum atomic E-state index is 10.8. The number of aromatic carboxylic acids is 1. The quantitative estimate of drug-likeness (QED) is 0.913. The van der Waals surface area contributed by atoms with E-state index in [1.807, 2.05) is 13.8 Å². The summed E-state index contributed by atoms with van der Waals surface area (Å²) in [7, 11) is 0. The van der Waals surface area contributed by atoms with Gasteiger partial charge in [-0.15, -0.1) is 11.3 Å². The molecule has 1 heterocycles. The highest BCUT2D eigenvalue weighted by Gasteiger charge is 2.19. The van der Waals surface area contributed by atoms with Crippen LogP contribution in [0.5, 0.6) is 5.75 Å². The van der Waals surface area contributed by atoms with Crippen LogP contribution in [0.4, 0.5) is 0 Å². The molecular weight excluding hydrogens is 256 g/mol. The lowest BCUT2D eigenvalue weighted by atomic mass is 10.4. The Morgan fingerprint density at radius 3 is 2.77 bits per heavy atom. The number of halogens is 1. The monoisotopic (exact) mass is 264 g/mol. The first-order valence-electron chi connectivity index (χ1n) is 3.72. The summed E-state index contributed by atoms with van der Waals surface area (Å²) < 4.78 is 5.98. The normalized spacial score (nSPS) is 10.1. The average Bonchev–Trinajstić information content (AvgIpc) is 2.33. The molecule has 0 fully saturated rings. The molecule has 1 aromatic rings. The minimum absolute atomic E-state index is 0.256. The predicted molar refractivity (Wildman–Crippen MR) is 54.9 cm³/mol. The lowest BCUT2D eigenvalue weighted by Gasteiger charge is -2.01. The van der Waals surface area contributed by atoms with Crippen molar-refractivity contribution in [2.75, 3.05) is 6.61 Å². The van der Waals surface area contributed by atoms with Crippen LogP contribution < -0.4 is 4.74 Å². The van der Waals surface area contributed by atoms with Crippen molar-refractivity contribution < 1.29 is 14.6 Å². The Morgan fingerprint density at radius 2 is 2.31 bits per heavy atom. The van der Waals surface area contributed by atoms with Gasteiger partial charge in [-0.1, -0.05) is 0 Å². The molecule has 0 aromatic carbocycles. The zero-order valence-electron chi connectivity index (χ0n) is 7.26. The van der Waals surface area contributed by atoms with E-state index in [-0.39, 0.29) is 4.88 Å². The molecule has 13 heavy (non-hydrogen) atoms. The van der Waals surface area contributed by atoms with E-state index in [1.165, 1.54) is 11.3 Å². The van der Waals surface area contributed by atoms with E-state index in [4.69, 9.17) is 9.84 Å². The molecule has 0 saturated heterocycles. The van der Waals surface area contributed by atoms with Crippen LogP contribution in [-0.4, -0.2) is 17.7 Å². The van der Waals surface area contributed by atoms with Gasteiger partial charge >= 0.3 is 5.97 Å². The Labute approximate surface area is 88.5 Å². The van der Waals surface area contributed by atoms with Crippen LogP contribution in [0, 0.1) is 6.92 Å². The Morgan fingerprint density at radius 1 is 1.69 bits per heavy atom. The largest absolute Gasteiger partial charge is 0.491 e. The van der Waals surface area contributed by atoms with E-state index in [9.17, 15) is 4.79 Å². The standard InChI is InChI=1S/C8H9BrO3S/c1-3-12-6-5(9)4(2)13-7(6)8(10)11/h3H2,1-2H3,(H,10,11). The van der Waals surface area contributed by atoms with Crippen LogP contribution in [0.25, 0.3) is 0 Å². The van der Waals surface area contributed by atoms with Crippen LogP contribution in [0.15, 0.2) is 4.47 Å². The Bertz CT molecular complexity index is 332. The van der Waals surface area contributed by atoms with Gasteiger partial charge in [0.15, 0.2) is 10.6 Å². The molecule has 0 atom stereocenters. The smallest absolute Gasteiger partial charge is 0.349 e. The van der Waals surface area contributed by atoms with E-state index in [0.717, 1.165) is 9.35 Å². The molecule has 0 saturated carbocycles. The molecule has 0 aliphatic heterocycles. The first kappa shape index (κ1) is 10.5. The second kappa shape index (κ2) is 4.11. The van der Waals surface area contributed by atoms with Crippen molar-refractivity contribution in [3.05, 3.63) is 14.2 Å². The van der Waals surface area contributed by atoms with Gasteiger partial charge in [0.1, 0.15) is 0 Å². The van der Waals surface area contributed by atoms with Gasteiger partial charge in [-0.3, -0.25) is 0 Å². The third-order valence-corrected chi connectivity index (χ3v) is 3.74. The van der Waals surface area contributed by atoms with Gasteiger partial charge in [-0.05, 0) is 29.8 Å². The summed E-state index contributed by atoms with van der Waals surface area (Å²) in [4.78, 5) is 11.9. The summed E-state index contributed by atoms with van der Waals surface area (Å²) in [5.74, 6) is -0.500. The summed E-state index contributed by atoms with van der Waals surface area (Å²) in [6, 6.07) is 0. The molecule has 0 amide bonds. The second-order valence-electron chi connectivity index (χ2n) is 2.37. The lowest BCUT2D eigenvalue weighted by Crippen LogP contribution is -1.98. The van der Waals surface area contributed by atoms with Crippen molar-refractivity contribution >= 4 is 33.2 Å². The number of hydrogen-bond acceptors (Lipinski definition) is 3. The van der Waals surface area contributed by atoms with Crippen molar-refractivity contribution in [1.29, 1.82) is 0 Å². The van der Waals surface area contributed by atoms with Gasteiger partial charge in [0.2, 0.25) is 0 Å². The molecular formula is C8H9BrO3S. The summed E-state index contributed by atoms with van der Waals surface area (Å²) in [5, 5.41) is 8.84. The average molecular weight is 265 g/mol. The number of carbonyl (C=O) groups is 1. The third-order valence-electron chi connectivity index (χ3n) is 1.45. The fraction of sp³-hybridized carbons (Fsp3) is 0.375. The van der Waals surface area contributed by atoms with Crippen molar-refractivity contribution in [2.45, 2.75) is 13.8 Å². The van der Waals surface area contributed by atoms with Gasteiger partial charge in [0.05, 0.1) is 11.1 Å². The summed E-state index contributed by atoms with van der Waals surface area (Å²) in [5.41, 5.74) is 0. The molecule has 72 valence electrons. The molecule has 0 aliphatic rings. The van der Waals surface area contributed by atoms with E-state index in [1.54, 1.807) is 0 Å². The van der Waals surface area contributed by atoms with E-state index < -0.39 is 5.97 Å². The zero-order valence-corrected chi connectivity index (χ0v) is 9.66. The van der Waals surface area contributed by atoms with E-state index >= 15 is 0 Å². The number of aryl methyl sites for hydroxylation is 1. The van der Waals surface area contributed by atoms with Crippen molar-refractivity contribution in [1.82, 2.24) is 0 Å². The highest BCUT2D eigenvalue weighted by atomic mass is 79.9. The SMILES string of the molecule is CCOc1c(C(=O)O)sc(C)c1Br. The minimum Gasteiger partial charge on any atom is -0.491 e. The van der Waals surface area contributed by atoms with E-state index in [2.05, 4.69) is 15.9 Å². The van der Waals surface area contributed by atoms with E-state index in [0.29, 0.717) is 12.4 Å². The van der Waals surface area contributed by atoms with Gasteiger partial charge in [-0.25, -0.2) is 4.79 Å². The maximum Gasteiger partial charge on any atom is 0.349 e. The molecule has 1 rings (SSSR count). The number of carboxylic acid groups (broad SMARTS) is 1.